The Labute approximate surface area is 144 Å². The molecule has 2 aromatic carbocycles. The van der Waals surface area contributed by atoms with Gasteiger partial charge in [0.05, 0.1) is 11.0 Å². The molecular weight excluding hydrogens is 329 g/mol. The van der Waals surface area contributed by atoms with Gasteiger partial charge < -0.3 is 9.88 Å². The number of benzene rings is 2. The minimum Gasteiger partial charge on any atom is -0.352 e. The third kappa shape index (κ3) is 3.41. The van der Waals surface area contributed by atoms with Gasteiger partial charge in [-0.1, -0.05) is 29.8 Å². The van der Waals surface area contributed by atoms with Crippen LogP contribution in [-0.2, 0) is 17.9 Å². The maximum absolute atomic E-state index is 13.7. The molecule has 3 rings (SSSR count). The molecule has 1 N–H and O–H groups in total. The first-order valence-corrected chi connectivity index (χ1v) is 8.05. The van der Waals surface area contributed by atoms with Crippen LogP contribution in [0.1, 0.15) is 17.8 Å². The molecule has 0 spiro atoms. The molecule has 0 aliphatic carbocycles. The van der Waals surface area contributed by atoms with Gasteiger partial charge in [-0.25, -0.2) is 9.37 Å². The lowest BCUT2D eigenvalue weighted by Gasteiger charge is -2.09. The van der Waals surface area contributed by atoms with Gasteiger partial charge in [-0.3, -0.25) is 4.79 Å². The normalized spacial score (nSPS) is 11.0. The van der Waals surface area contributed by atoms with E-state index in [-0.39, 0.29) is 18.9 Å². The quantitative estimate of drug-likeness (QED) is 0.763. The number of amides is 1. The molecule has 1 amide bonds. The second-order valence-electron chi connectivity index (χ2n) is 5.53. The zero-order valence-corrected chi connectivity index (χ0v) is 14.0. The largest absolute Gasteiger partial charge is 0.352 e. The highest BCUT2D eigenvalue weighted by molar-refractivity contribution is 6.31. The van der Waals surface area contributed by atoms with Crippen LogP contribution in [0.2, 0.25) is 5.02 Å². The summed E-state index contributed by atoms with van der Waals surface area (Å²) in [5, 5.41) is 3.03. The molecular formula is C18H17ClFN3O. The van der Waals surface area contributed by atoms with E-state index in [1.54, 1.807) is 6.07 Å². The number of fused-ring (bicyclic) bond motifs is 1. The van der Waals surface area contributed by atoms with Crippen molar-refractivity contribution in [3.8, 4) is 0 Å². The number of rotatable bonds is 5. The molecule has 24 heavy (non-hydrogen) atoms. The molecule has 0 bridgehead atoms. The summed E-state index contributed by atoms with van der Waals surface area (Å²) in [7, 11) is 0. The van der Waals surface area contributed by atoms with Gasteiger partial charge in [-0.05, 0) is 31.2 Å². The van der Waals surface area contributed by atoms with Gasteiger partial charge in [-0.2, -0.15) is 0 Å². The molecule has 6 heteroatoms. The van der Waals surface area contributed by atoms with E-state index in [4.69, 9.17) is 11.6 Å². The highest BCUT2D eigenvalue weighted by Crippen LogP contribution is 2.19. The lowest BCUT2D eigenvalue weighted by atomic mass is 10.2. The first-order chi connectivity index (χ1) is 11.6. The van der Waals surface area contributed by atoms with Crippen molar-refractivity contribution in [2.24, 2.45) is 0 Å². The molecule has 0 aliphatic rings. The fraction of sp³-hybridized carbons (Fsp3) is 0.222. The number of para-hydroxylation sites is 2. The van der Waals surface area contributed by atoms with E-state index in [0.717, 1.165) is 16.9 Å². The van der Waals surface area contributed by atoms with Gasteiger partial charge in [-0.15, -0.1) is 0 Å². The SMILES string of the molecule is Cc1nc2ccccc2n1CCC(=O)NCc1c(F)cccc1Cl. The maximum Gasteiger partial charge on any atom is 0.222 e. The summed E-state index contributed by atoms with van der Waals surface area (Å²) in [6.07, 6.45) is 0.285. The lowest BCUT2D eigenvalue weighted by molar-refractivity contribution is -0.121. The van der Waals surface area contributed by atoms with Crippen molar-refractivity contribution in [3.63, 3.8) is 0 Å². The highest BCUT2D eigenvalue weighted by atomic mass is 35.5. The molecule has 1 aromatic heterocycles. The Morgan fingerprint density at radius 2 is 2.04 bits per heavy atom. The van der Waals surface area contributed by atoms with Gasteiger partial charge in [0.2, 0.25) is 5.91 Å². The molecule has 0 saturated heterocycles. The van der Waals surface area contributed by atoms with Crippen LogP contribution in [0, 0.1) is 12.7 Å². The average Bonchev–Trinajstić information content (AvgIpc) is 2.87. The second-order valence-corrected chi connectivity index (χ2v) is 5.93. The number of carbonyl (C=O) groups is 1. The molecule has 0 saturated carbocycles. The van der Waals surface area contributed by atoms with E-state index in [1.807, 2.05) is 35.8 Å². The summed E-state index contributed by atoms with van der Waals surface area (Å²) in [6, 6.07) is 12.3. The smallest absolute Gasteiger partial charge is 0.222 e. The number of carbonyl (C=O) groups excluding carboxylic acids is 1. The number of hydrogen-bond donors (Lipinski definition) is 1. The Morgan fingerprint density at radius 3 is 2.83 bits per heavy atom. The predicted octanol–water partition coefficient (Wildman–Crippen LogP) is 3.84. The van der Waals surface area contributed by atoms with Crippen molar-refractivity contribution in [2.45, 2.75) is 26.4 Å². The molecule has 1 heterocycles. The van der Waals surface area contributed by atoms with Crippen LogP contribution in [0.4, 0.5) is 4.39 Å². The van der Waals surface area contributed by atoms with E-state index in [1.165, 1.54) is 12.1 Å². The summed E-state index contributed by atoms with van der Waals surface area (Å²) in [4.78, 5) is 16.5. The van der Waals surface area contributed by atoms with Crippen molar-refractivity contribution in [3.05, 3.63) is 64.7 Å². The van der Waals surface area contributed by atoms with Crippen molar-refractivity contribution >= 4 is 28.5 Å². The van der Waals surface area contributed by atoms with E-state index >= 15 is 0 Å². The Balaban J connectivity index is 1.62. The zero-order chi connectivity index (χ0) is 17.1. The summed E-state index contributed by atoms with van der Waals surface area (Å²) >= 11 is 5.95. The van der Waals surface area contributed by atoms with Crippen molar-refractivity contribution in [1.82, 2.24) is 14.9 Å². The fourth-order valence-corrected chi connectivity index (χ4v) is 2.90. The standard InChI is InChI=1S/C18H17ClFN3O/c1-12-22-16-7-2-3-8-17(16)23(12)10-9-18(24)21-11-13-14(19)5-4-6-15(13)20/h2-8H,9-11H2,1H3,(H,21,24). The number of imidazole rings is 1. The molecule has 0 atom stereocenters. The van der Waals surface area contributed by atoms with Crippen LogP contribution in [0.3, 0.4) is 0 Å². The molecule has 3 aromatic rings. The summed E-state index contributed by atoms with van der Waals surface area (Å²) < 4.78 is 15.7. The zero-order valence-electron chi connectivity index (χ0n) is 13.2. The molecule has 0 fully saturated rings. The van der Waals surface area contributed by atoms with Crippen LogP contribution >= 0.6 is 11.6 Å². The first-order valence-electron chi connectivity index (χ1n) is 7.67. The maximum atomic E-state index is 13.7. The fourth-order valence-electron chi connectivity index (χ4n) is 2.67. The highest BCUT2D eigenvalue weighted by Gasteiger charge is 2.11. The van der Waals surface area contributed by atoms with Crippen molar-refractivity contribution in [1.29, 1.82) is 0 Å². The Morgan fingerprint density at radius 1 is 1.25 bits per heavy atom. The number of aromatic nitrogens is 2. The van der Waals surface area contributed by atoms with Crippen LogP contribution in [0.15, 0.2) is 42.5 Å². The lowest BCUT2D eigenvalue weighted by Crippen LogP contribution is -2.24. The second kappa shape index (κ2) is 7.01. The van der Waals surface area contributed by atoms with Crippen LogP contribution in [-0.4, -0.2) is 15.5 Å². The molecule has 0 radical (unpaired) electrons. The van der Waals surface area contributed by atoms with Crippen molar-refractivity contribution < 1.29 is 9.18 Å². The first kappa shape index (κ1) is 16.5. The van der Waals surface area contributed by atoms with E-state index in [0.29, 0.717) is 17.1 Å². The van der Waals surface area contributed by atoms with E-state index in [9.17, 15) is 9.18 Å². The summed E-state index contributed by atoms with van der Waals surface area (Å²) in [5.74, 6) is 0.284. The van der Waals surface area contributed by atoms with Gasteiger partial charge in [0.1, 0.15) is 11.6 Å². The van der Waals surface area contributed by atoms with Gasteiger partial charge >= 0.3 is 0 Å². The van der Waals surface area contributed by atoms with E-state index in [2.05, 4.69) is 10.3 Å². The molecule has 0 aliphatic heterocycles. The number of nitrogens with zero attached hydrogens (tertiary/aromatic N) is 2. The summed E-state index contributed by atoms with van der Waals surface area (Å²) in [5.41, 5.74) is 2.21. The molecule has 124 valence electrons. The van der Waals surface area contributed by atoms with E-state index < -0.39 is 5.82 Å². The van der Waals surface area contributed by atoms with Crippen molar-refractivity contribution in [2.75, 3.05) is 0 Å². The minimum atomic E-state index is -0.417. The molecule has 4 nitrogen and oxygen atoms in total. The number of halogens is 2. The number of hydrogen-bond acceptors (Lipinski definition) is 2. The Kier molecular flexibility index (Phi) is 4.81. The minimum absolute atomic E-state index is 0.0774. The van der Waals surface area contributed by atoms with Gasteiger partial charge in [0.15, 0.2) is 0 Å². The van der Waals surface area contributed by atoms with Gasteiger partial charge in [0, 0.05) is 30.1 Å². The third-order valence-corrected chi connectivity index (χ3v) is 4.29. The third-order valence-electron chi connectivity index (χ3n) is 3.93. The predicted molar refractivity (Wildman–Crippen MR) is 92.3 cm³/mol. The Hall–Kier alpha value is -2.40. The summed E-state index contributed by atoms with van der Waals surface area (Å²) in [6.45, 7) is 2.51. The molecule has 0 unspecified atom stereocenters. The topological polar surface area (TPSA) is 46.9 Å². The Bertz CT molecular complexity index is 871. The average molecular weight is 346 g/mol. The monoisotopic (exact) mass is 345 g/mol. The van der Waals surface area contributed by atoms with Crippen LogP contribution < -0.4 is 5.32 Å². The number of aryl methyl sites for hydroxylation is 2. The van der Waals surface area contributed by atoms with Crippen LogP contribution in [0.25, 0.3) is 11.0 Å². The van der Waals surface area contributed by atoms with Gasteiger partial charge in [0.25, 0.3) is 0 Å². The van der Waals surface area contributed by atoms with Crippen LogP contribution in [0.5, 0.6) is 0 Å². The number of nitrogens with one attached hydrogen (secondary N) is 1.